The summed E-state index contributed by atoms with van der Waals surface area (Å²) in [6, 6.07) is 9.27. The summed E-state index contributed by atoms with van der Waals surface area (Å²) in [7, 11) is 0. The predicted octanol–water partition coefficient (Wildman–Crippen LogP) is 5.23. The number of aryl methyl sites for hydroxylation is 1. The van der Waals surface area contributed by atoms with Crippen LogP contribution in [0.5, 0.6) is 0 Å². The van der Waals surface area contributed by atoms with Crippen molar-refractivity contribution >= 4 is 35.7 Å². The summed E-state index contributed by atoms with van der Waals surface area (Å²) in [6.45, 7) is 9.00. The molecule has 5 rings (SSSR count). The van der Waals surface area contributed by atoms with Gasteiger partial charge in [0.1, 0.15) is 12.0 Å². The van der Waals surface area contributed by atoms with E-state index in [1.807, 2.05) is 30.9 Å². The number of nitrogens with zero attached hydrogens (tertiary/aromatic N) is 3. The van der Waals surface area contributed by atoms with E-state index >= 15 is 0 Å². The first-order chi connectivity index (χ1) is 17.2. The Bertz CT molecular complexity index is 1410. The smallest absolute Gasteiger partial charge is 0.245 e. The third-order valence-electron chi connectivity index (χ3n) is 7.60. The lowest BCUT2D eigenvalue weighted by atomic mass is 9.60. The quantitative estimate of drug-likeness (QED) is 0.209. The Labute approximate surface area is 215 Å². The summed E-state index contributed by atoms with van der Waals surface area (Å²) < 4.78 is 2.06. The maximum atomic E-state index is 11.9. The minimum Gasteiger partial charge on any atom is -0.398 e. The number of amides is 1. The van der Waals surface area contributed by atoms with Gasteiger partial charge in [-0.1, -0.05) is 42.4 Å². The summed E-state index contributed by atoms with van der Waals surface area (Å²) >= 11 is 6.85. The second-order valence-electron chi connectivity index (χ2n) is 9.98. The van der Waals surface area contributed by atoms with E-state index < -0.39 is 0 Å². The lowest BCUT2D eigenvalue weighted by Gasteiger charge is -2.58. The van der Waals surface area contributed by atoms with Crippen molar-refractivity contribution in [3.05, 3.63) is 70.4 Å². The molecule has 0 bridgehead atoms. The zero-order valence-corrected chi connectivity index (χ0v) is 21.1. The van der Waals surface area contributed by atoms with Gasteiger partial charge in [0.05, 0.1) is 11.1 Å². The fourth-order valence-corrected chi connectivity index (χ4v) is 6.00. The van der Waals surface area contributed by atoms with Crippen molar-refractivity contribution in [3.8, 4) is 22.4 Å². The molecule has 0 unspecified atom stereocenters. The van der Waals surface area contributed by atoms with E-state index in [1.165, 1.54) is 12.3 Å². The number of nitrogen functional groups attached to an aromatic ring is 1. The Kier molecular flexibility index (Phi) is 5.83. The molecule has 3 aromatic rings. The molecule has 3 N–H and O–H groups in total. The van der Waals surface area contributed by atoms with Crippen LogP contribution in [0.2, 0.25) is 5.02 Å². The van der Waals surface area contributed by atoms with Gasteiger partial charge in [-0.2, -0.15) is 5.10 Å². The Morgan fingerprint density at radius 2 is 1.89 bits per heavy atom. The summed E-state index contributed by atoms with van der Waals surface area (Å²) in [5.74, 6) is -0.0199. The molecule has 1 aliphatic heterocycles. The Balaban J connectivity index is 1.60. The van der Waals surface area contributed by atoms with Crippen molar-refractivity contribution in [3.63, 3.8) is 0 Å². The fourth-order valence-electron chi connectivity index (χ4n) is 5.75. The number of nitrogens with two attached hydrogens (primary N) is 1. The van der Waals surface area contributed by atoms with Gasteiger partial charge >= 0.3 is 0 Å². The van der Waals surface area contributed by atoms with Crippen LogP contribution in [0.1, 0.15) is 46.1 Å². The van der Waals surface area contributed by atoms with E-state index in [0.29, 0.717) is 27.4 Å². The number of carbonyl (C=O) groups excluding carboxylic acids is 2. The number of hydrogen-bond acceptors (Lipinski definition) is 5. The van der Waals surface area contributed by atoms with Gasteiger partial charge in [-0.15, -0.1) is 0 Å². The van der Waals surface area contributed by atoms with Crippen LogP contribution in [0.4, 0.5) is 5.69 Å². The molecule has 1 amide bonds. The van der Waals surface area contributed by atoms with Crippen LogP contribution >= 0.6 is 11.6 Å². The van der Waals surface area contributed by atoms with Crippen molar-refractivity contribution in [1.29, 1.82) is 5.41 Å². The molecule has 0 radical (unpaired) electrons. The second-order valence-corrected chi connectivity index (χ2v) is 10.4. The normalized spacial score (nSPS) is 16.4. The number of nitrogens with one attached hydrogen (secondary N) is 1. The second kappa shape index (κ2) is 8.75. The van der Waals surface area contributed by atoms with E-state index in [0.717, 1.165) is 60.3 Å². The number of hydrogen-bond donors (Lipinski definition) is 2. The highest BCUT2D eigenvalue weighted by atomic mass is 35.5. The highest BCUT2D eigenvalue weighted by molar-refractivity contribution is 6.35. The number of carbonyl (C=O) groups is 2. The monoisotopic (exact) mass is 501 g/mol. The van der Waals surface area contributed by atoms with Crippen LogP contribution in [0.15, 0.2) is 43.0 Å². The van der Waals surface area contributed by atoms with E-state index in [4.69, 9.17) is 27.8 Å². The molecule has 2 fully saturated rings. The van der Waals surface area contributed by atoms with Gasteiger partial charge in [-0.05, 0) is 44.4 Å². The number of rotatable bonds is 6. The molecule has 2 aromatic carbocycles. The highest BCUT2D eigenvalue weighted by Gasteiger charge is 2.54. The number of halogens is 1. The first-order valence-corrected chi connectivity index (χ1v) is 12.2. The molecule has 36 heavy (non-hydrogen) atoms. The minimum atomic E-state index is -0.0199. The van der Waals surface area contributed by atoms with Gasteiger partial charge in [-0.25, -0.2) is 0 Å². The number of benzene rings is 2. The van der Waals surface area contributed by atoms with E-state index in [9.17, 15) is 9.59 Å². The summed E-state index contributed by atoms with van der Waals surface area (Å²) in [6.07, 6.45) is 5.28. The largest absolute Gasteiger partial charge is 0.398 e. The topological polar surface area (TPSA) is 105 Å². The van der Waals surface area contributed by atoms with E-state index in [1.54, 1.807) is 18.2 Å². The minimum absolute atomic E-state index is 0.0199. The molecule has 2 aliphatic rings. The molecular formula is C28H28ClN5O2. The van der Waals surface area contributed by atoms with Gasteiger partial charge in [0.25, 0.3) is 0 Å². The Hall–Kier alpha value is -3.71. The first-order valence-electron chi connectivity index (χ1n) is 11.9. The summed E-state index contributed by atoms with van der Waals surface area (Å²) in [5.41, 5.74) is 13.0. The average molecular weight is 502 g/mol. The van der Waals surface area contributed by atoms with Crippen LogP contribution in [0.25, 0.3) is 22.4 Å². The van der Waals surface area contributed by atoms with Gasteiger partial charge in [0.2, 0.25) is 5.91 Å². The molecule has 1 spiro atoms. The Morgan fingerprint density at radius 1 is 1.22 bits per heavy atom. The van der Waals surface area contributed by atoms with Crippen LogP contribution < -0.4 is 5.73 Å². The maximum Gasteiger partial charge on any atom is 0.245 e. The predicted molar refractivity (Wildman–Crippen MR) is 143 cm³/mol. The lowest BCUT2D eigenvalue weighted by Crippen LogP contribution is -2.63. The lowest BCUT2D eigenvalue weighted by molar-refractivity contribution is -0.149. The molecule has 8 heteroatoms. The number of anilines is 1. The van der Waals surface area contributed by atoms with Crippen molar-refractivity contribution in [2.75, 3.05) is 18.8 Å². The van der Waals surface area contributed by atoms with Gasteiger partial charge < -0.3 is 16.0 Å². The van der Waals surface area contributed by atoms with E-state index in [2.05, 4.69) is 11.3 Å². The summed E-state index contributed by atoms with van der Waals surface area (Å²) in [5, 5.41) is 13.7. The number of likely N-dealkylation sites (tertiary alicyclic amines) is 1. The van der Waals surface area contributed by atoms with Gasteiger partial charge in [0, 0.05) is 63.9 Å². The average Bonchev–Trinajstić information content (AvgIpc) is 3.15. The standard InChI is InChI=1S/C28H28ClN5O2/c1-4-23(36)33-14-28(15-33)10-20(11-28)34-17(3)24(25-21(12-30)22(31)9-16(2)26(25)29)27(32-34)19-7-5-18(13-35)6-8-19/h4-9,12-13,20,30H,1,10-11,14-15,31H2,2-3H3. The van der Waals surface area contributed by atoms with Crippen LogP contribution in [0.3, 0.4) is 0 Å². The number of aromatic nitrogens is 2. The van der Waals surface area contributed by atoms with Crippen molar-refractivity contribution in [2.45, 2.75) is 32.7 Å². The third kappa shape index (κ3) is 3.66. The molecule has 184 valence electrons. The molecule has 1 saturated carbocycles. The zero-order valence-electron chi connectivity index (χ0n) is 20.3. The van der Waals surface area contributed by atoms with Crippen LogP contribution in [0, 0.1) is 24.7 Å². The van der Waals surface area contributed by atoms with Crippen molar-refractivity contribution in [1.82, 2.24) is 14.7 Å². The molecule has 0 atom stereocenters. The highest BCUT2D eigenvalue weighted by Crippen LogP contribution is 2.55. The fraction of sp³-hybridized carbons (Fsp3) is 0.286. The third-order valence-corrected chi connectivity index (χ3v) is 8.09. The maximum absolute atomic E-state index is 11.9. The molecule has 1 aliphatic carbocycles. The van der Waals surface area contributed by atoms with Crippen molar-refractivity contribution in [2.24, 2.45) is 5.41 Å². The zero-order chi connectivity index (χ0) is 25.8. The first kappa shape index (κ1) is 24.0. The van der Waals surface area contributed by atoms with Crippen molar-refractivity contribution < 1.29 is 9.59 Å². The molecule has 1 saturated heterocycles. The number of aldehydes is 1. The Morgan fingerprint density at radius 3 is 2.47 bits per heavy atom. The molecule has 1 aromatic heterocycles. The van der Waals surface area contributed by atoms with E-state index in [-0.39, 0.29) is 17.4 Å². The van der Waals surface area contributed by atoms with Gasteiger partial charge in [-0.3, -0.25) is 14.3 Å². The van der Waals surface area contributed by atoms with Gasteiger partial charge in [0.15, 0.2) is 0 Å². The SMILES string of the molecule is C=CC(=O)N1CC2(CC(n3nc(-c4ccc(C=O)cc4)c(-c4c(Cl)c(C)cc(N)c4C=N)c3C)C2)C1. The molecular weight excluding hydrogens is 474 g/mol. The molecule has 7 nitrogen and oxygen atoms in total. The van der Waals surface area contributed by atoms with Crippen LogP contribution in [-0.4, -0.2) is 46.2 Å². The van der Waals surface area contributed by atoms with Crippen LogP contribution in [-0.2, 0) is 4.79 Å². The summed E-state index contributed by atoms with van der Waals surface area (Å²) in [4.78, 5) is 25.0. The molecule has 2 heterocycles.